The highest BCUT2D eigenvalue weighted by atomic mass is 32.1. The Bertz CT molecular complexity index is 656. The van der Waals surface area contributed by atoms with Crippen LogP contribution < -0.4 is 5.32 Å². The predicted molar refractivity (Wildman–Crippen MR) is 105 cm³/mol. The van der Waals surface area contributed by atoms with Gasteiger partial charge in [-0.15, -0.1) is 0 Å². The Morgan fingerprint density at radius 3 is 2.52 bits per heavy atom. The van der Waals surface area contributed by atoms with Crippen LogP contribution in [-0.4, -0.2) is 84.3 Å². The van der Waals surface area contributed by atoms with Crippen LogP contribution in [0.1, 0.15) is 36.5 Å². The molecule has 2 saturated heterocycles. The zero-order chi connectivity index (χ0) is 19.2. The van der Waals surface area contributed by atoms with Crippen LogP contribution in [0, 0.1) is 0 Å². The zero-order valence-electron chi connectivity index (χ0n) is 15.9. The first-order valence-corrected chi connectivity index (χ1v) is 10.6. The van der Waals surface area contributed by atoms with Gasteiger partial charge in [0.25, 0.3) is 5.91 Å². The van der Waals surface area contributed by atoms with Gasteiger partial charge in [0.15, 0.2) is 0 Å². The minimum atomic E-state index is 0.0360. The standard InChI is InChI=1S/C19H28N4O3S/c1-15(24)22-8-3-17(4-9-22)20-18(25)13-21-6-2-7-23(11-10-21)19(26)16-5-12-27-14-16/h5,12,14,17H,2-4,6-11,13H2,1H3,(H,20,25). The van der Waals surface area contributed by atoms with E-state index in [0.717, 1.165) is 37.9 Å². The molecule has 3 heterocycles. The monoisotopic (exact) mass is 392 g/mol. The van der Waals surface area contributed by atoms with Gasteiger partial charge in [-0.1, -0.05) is 0 Å². The smallest absolute Gasteiger partial charge is 0.254 e. The van der Waals surface area contributed by atoms with Crippen LogP contribution in [0.3, 0.4) is 0 Å². The second kappa shape index (κ2) is 9.32. The van der Waals surface area contributed by atoms with Crippen LogP contribution in [0.25, 0.3) is 0 Å². The highest BCUT2D eigenvalue weighted by Crippen LogP contribution is 2.13. The number of amides is 3. The summed E-state index contributed by atoms with van der Waals surface area (Å²) >= 11 is 1.53. The summed E-state index contributed by atoms with van der Waals surface area (Å²) in [5.74, 6) is 0.222. The number of rotatable bonds is 4. The summed E-state index contributed by atoms with van der Waals surface area (Å²) < 4.78 is 0. The number of likely N-dealkylation sites (tertiary alicyclic amines) is 1. The van der Waals surface area contributed by atoms with Crippen molar-refractivity contribution in [3.05, 3.63) is 22.4 Å². The molecule has 0 spiro atoms. The van der Waals surface area contributed by atoms with Crippen molar-refractivity contribution < 1.29 is 14.4 Å². The van der Waals surface area contributed by atoms with Crippen molar-refractivity contribution in [1.82, 2.24) is 20.0 Å². The summed E-state index contributed by atoms with van der Waals surface area (Å²) in [5, 5.41) is 6.91. The highest BCUT2D eigenvalue weighted by Gasteiger charge is 2.24. The fraction of sp³-hybridized carbons (Fsp3) is 0.632. The maximum Gasteiger partial charge on any atom is 0.254 e. The fourth-order valence-corrected chi connectivity index (χ4v) is 4.35. The quantitative estimate of drug-likeness (QED) is 0.831. The van der Waals surface area contributed by atoms with Crippen molar-refractivity contribution in [1.29, 1.82) is 0 Å². The largest absolute Gasteiger partial charge is 0.352 e. The second-order valence-corrected chi connectivity index (χ2v) is 8.06. The molecule has 0 saturated carbocycles. The van der Waals surface area contributed by atoms with E-state index in [1.807, 2.05) is 26.6 Å². The van der Waals surface area contributed by atoms with Crippen molar-refractivity contribution in [2.24, 2.45) is 0 Å². The lowest BCUT2D eigenvalue weighted by Gasteiger charge is -2.32. The minimum absolute atomic E-state index is 0.0360. The molecule has 148 valence electrons. The third kappa shape index (κ3) is 5.52. The Kier molecular flexibility index (Phi) is 6.84. The number of nitrogens with zero attached hydrogens (tertiary/aromatic N) is 3. The Hall–Kier alpha value is -1.93. The van der Waals surface area contributed by atoms with Crippen molar-refractivity contribution >= 4 is 29.1 Å². The molecule has 1 aromatic heterocycles. The molecule has 27 heavy (non-hydrogen) atoms. The first kappa shape index (κ1) is 19.8. The third-order valence-electron chi connectivity index (χ3n) is 5.32. The van der Waals surface area contributed by atoms with Gasteiger partial charge in [0.2, 0.25) is 11.8 Å². The summed E-state index contributed by atoms with van der Waals surface area (Å²) in [6.07, 6.45) is 2.50. The topological polar surface area (TPSA) is 73.0 Å². The van der Waals surface area contributed by atoms with Crippen molar-refractivity contribution in [3.63, 3.8) is 0 Å². The molecule has 3 rings (SSSR count). The van der Waals surface area contributed by atoms with Crippen LogP contribution in [0.5, 0.6) is 0 Å². The number of carbonyl (C=O) groups excluding carboxylic acids is 3. The van der Waals surface area contributed by atoms with E-state index in [1.165, 1.54) is 11.3 Å². The van der Waals surface area contributed by atoms with E-state index in [0.29, 0.717) is 32.7 Å². The predicted octanol–water partition coefficient (Wildman–Crippen LogP) is 1.02. The average molecular weight is 393 g/mol. The SMILES string of the molecule is CC(=O)N1CCC(NC(=O)CN2CCCN(C(=O)c3ccsc3)CC2)CC1. The number of thiophene rings is 1. The summed E-state index contributed by atoms with van der Waals surface area (Å²) in [4.78, 5) is 42.1. The number of hydrogen-bond acceptors (Lipinski definition) is 5. The third-order valence-corrected chi connectivity index (χ3v) is 6.00. The Morgan fingerprint density at radius 1 is 1.07 bits per heavy atom. The van der Waals surface area contributed by atoms with Gasteiger partial charge in [0.05, 0.1) is 12.1 Å². The van der Waals surface area contributed by atoms with Crippen LogP contribution >= 0.6 is 11.3 Å². The van der Waals surface area contributed by atoms with Crippen LogP contribution in [-0.2, 0) is 9.59 Å². The maximum absolute atomic E-state index is 12.5. The molecule has 1 aromatic rings. The van der Waals surface area contributed by atoms with E-state index < -0.39 is 0 Å². The normalized spacial score (nSPS) is 19.6. The van der Waals surface area contributed by atoms with Crippen LogP contribution in [0.15, 0.2) is 16.8 Å². The first-order chi connectivity index (χ1) is 13.0. The molecule has 2 fully saturated rings. The van der Waals surface area contributed by atoms with Crippen molar-refractivity contribution in [3.8, 4) is 0 Å². The van der Waals surface area contributed by atoms with E-state index in [4.69, 9.17) is 0 Å². The lowest BCUT2D eigenvalue weighted by atomic mass is 10.1. The summed E-state index contributed by atoms with van der Waals surface area (Å²) in [5.41, 5.74) is 0.753. The summed E-state index contributed by atoms with van der Waals surface area (Å²) in [6.45, 7) is 6.30. The Labute approximate surface area is 164 Å². The summed E-state index contributed by atoms with van der Waals surface area (Å²) in [7, 11) is 0. The molecular formula is C19H28N4O3S. The van der Waals surface area contributed by atoms with E-state index in [2.05, 4.69) is 10.2 Å². The number of carbonyl (C=O) groups is 3. The molecular weight excluding hydrogens is 364 g/mol. The summed E-state index contributed by atoms with van der Waals surface area (Å²) in [6, 6.07) is 2.01. The van der Waals surface area contributed by atoms with Gasteiger partial charge in [-0.3, -0.25) is 19.3 Å². The minimum Gasteiger partial charge on any atom is -0.352 e. The lowest BCUT2D eigenvalue weighted by Crippen LogP contribution is -2.48. The van der Waals surface area contributed by atoms with Gasteiger partial charge < -0.3 is 15.1 Å². The molecule has 0 radical (unpaired) electrons. The van der Waals surface area contributed by atoms with Gasteiger partial charge >= 0.3 is 0 Å². The number of nitrogens with one attached hydrogen (secondary N) is 1. The fourth-order valence-electron chi connectivity index (χ4n) is 3.72. The van der Waals surface area contributed by atoms with E-state index >= 15 is 0 Å². The molecule has 1 N–H and O–H groups in total. The molecule has 3 amide bonds. The molecule has 7 nitrogen and oxygen atoms in total. The van der Waals surface area contributed by atoms with E-state index in [-0.39, 0.29) is 23.8 Å². The molecule has 2 aliphatic heterocycles. The molecule has 2 aliphatic rings. The van der Waals surface area contributed by atoms with Crippen molar-refractivity contribution in [2.45, 2.75) is 32.2 Å². The number of piperidine rings is 1. The van der Waals surface area contributed by atoms with Crippen molar-refractivity contribution in [2.75, 3.05) is 45.8 Å². The maximum atomic E-state index is 12.5. The van der Waals surface area contributed by atoms with Crippen LogP contribution in [0.4, 0.5) is 0 Å². The molecule has 0 bridgehead atoms. The second-order valence-electron chi connectivity index (χ2n) is 7.28. The molecule has 0 unspecified atom stereocenters. The highest BCUT2D eigenvalue weighted by molar-refractivity contribution is 7.08. The Balaban J connectivity index is 1.41. The van der Waals surface area contributed by atoms with E-state index in [1.54, 1.807) is 6.92 Å². The molecule has 0 aromatic carbocycles. The molecule has 8 heteroatoms. The average Bonchev–Trinajstić information content (AvgIpc) is 3.09. The first-order valence-electron chi connectivity index (χ1n) is 9.61. The van der Waals surface area contributed by atoms with Gasteiger partial charge in [0, 0.05) is 57.6 Å². The van der Waals surface area contributed by atoms with Gasteiger partial charge in [-0.2, -0.15) is 11.3 Å². The zero-order valence-corrected chi connectivity index (χ0v) is 16.7. The van der Waals surface area contributed by atoms with Crippen LogP contribution in [0.2, 0.25) is 0 Å². The molecule has 0 atom stereocenters. The van der Waals surface area contributed by atoms with Gasteiger partial charge in [-0.05, 0) is 30.7 Å². The molecule has 0 aliphatic carbocycles. The van der Waals surface area contributed by atoms with Gasteiger partial charge in [-0.25, -0.2) is 0 Å². The lowest BCUT2D eigenvalue weighted by molar-refractivity contribution is -0.130. The Morgan fingerprint density at radius 2 is 1.85 bits per heavy atom. The van der Waals surface area contributed by atoms with Gasteiger partial charge in [0.1, 0.15) is 0 Å². The number of hydrogen-bond donors (Lipinski definition) is 1. The van der Waals surface area contributed by atoms with E-state index in [9.17, 15) is 14.4 Å².